The van der Waals surface area contributed by atoms with E-state index >= 15 is 0 Å². The number of benzene rings is 4. The zero-order chi connectivity index (χ0) is 41.3. The van der Waals surface area contributed by atoms with E-state index in [0.29, 0.717) is 17.4 Å². The summed E-state index contributed by atoms with van der Waals surface area (Å²) in [4.78, 5) is 0. The van der Waals surface area contributed by atoms with Crippen LogP contribution in [0.25, 0.3) is 22.3 Å². The van der Waals surface area contributed by atoms with E-state index in [1.807, 2.05) is 49.5 Å². The molecule has 0 aromatic heterocycles. The molecule has 58 heavy (non-hydrogen) atoms. The van der Waals surface area contributed by atoms with E-state index in [0.717, 1.165) is 91.9 Å². The van der Waals surface area contributed by atoms with Crippen LogP contribution in [-0.4, -0.2) is 38.7 Å². The van der Waals surface area contributed by atoms with E-state index in [-0.39, 0.29) is 52.7 Å². The van der Waals surface area contributed by atoms with Crippen LogP contribution >= 0.6 is 8.58 Å². The largest absolute Gasteiger partial charge is 2.00 e. The van der Waals surface area contributed by atoms with Gasteiger partial charge in [0, 0.05) is 17.9 Å². The van der Waals surface area contributed by atoms with E-state index in [9.17, 15) is 13.0 Å². The monoisotopic (exact) mass is 917 g/mol. The third-order valence-corrected chi connectivity index (χ3v) is 16.8. The van der Waals surface area contributed by atoms with Crippen LogP contribution in [0.1, 0.15) is 140 Å². The van der Waals surface area contributed by atoms with Crippen LogP contribution < -0.4 is 20.1 Å². The van der Waals surface area contributed by atoms with Gasteiger partial charge in [-0.2, -0.15) is 0 Å². The van der Waals surface area contributed by atoms with Gasteiger partial charge in [0.15, 0.2) is 0 Å². The predicted molar refractivity (Wildman–Crippen MR) is 241 cm³/mol. The molecule has 2 saturated carbocycles. The molecular weight excluding hydrogens is 852 g/mol. The molecule has 6 rings (SSSR count). The third kappa shape index (κ3) is 10.6. The number of hydrogen-bond donors (Lipinski definition) is 1. The number of anilines is 1. The SMILES string of the molecule is CNc1ccccc1-c1[c-]cccc1.COc1ccc(OC)c(-c2c(C(C)C)cc(C(C)C)cc2C(C)C)c1PC(C1CCCCC1)(C1CCCCC1)S(=O)(=O)[O-].[Pd+2]. The molecule has 1 unspecified atom stereocenters. The van der Waals surface area contributed by atoms with E-state index in [1.54, 1.807) is 14.2 Å². The van der Waals surface area contributed by atoms with Crippen LogP contribution in [0.4, 0.5) is 5.69 Å². The second-order valence-electron chi connectivity index (χ2n) is 16.9. The number of ether oxygens (including phenoxy) is 2. The summed E-state index contributed by atoms with van der Waals surface area (Å²) in [7, 11) is 0.376. The fraction of sp³-hybridized carbons (Fsp3) is 0.510. The van der Waals surface area contributed by atoms with Gasteiger partial charge in [-0.25, -0.2) is 8.42 Å². The number of para-hydroxylation sites is 1. The minimum Gasteiger partial charge on any atom is -0.747 e. The molecule has 0 bridgehead atoms. The molecule has 4 aromatic rings. The molecule has 0 heterocycles. The Morgan fingerprint density at radius 3 is 1.69 bits per heavy atom. The minimum atomic E-state index is -4.67. The quantitative estimate of drug-likeness (QED) is 0.0622. The number of methoxy groups -OCH3 is 2. The second kappa shape index (κ2) is 21.7. The van der Waals surface area contributed by atoms with Gasteiger partial charge in [0.05, 0.1) is 18.7 Å². The summed E-state index contributed by atoms with van der Waals surface area (Å²) in [5.41, 5.74) is 9.20. The van der Waals surface area contributed by atoms with Gasteiger partial charge < -0.3 is 19.3 Å². The Balaban J connectivity index is 0.000000416. The first-order chi connectivity index (χ1) is 27.3. The molecule has 4 aromatic carbocycles. The minimum absolute atomic E-state index is 0. The van der Waals surface area contributed by atoms with Gasteiger partial charge >= 0.3 is 20.4 Å². The molecule has 0 radical (unpaired) electrons. The Morgan fingerprint density at radius 2 is 1.24 bits per heavy atom. The zero-order valence-corrected chi connectivity index (χ0v) is 39.5. The Kier molecular flexibility index (Phi) is 17.9. The Morgan fingerprint density at radius 1 is 0.724 bits per heavy atom. The van der Waals surface area contributed by atoms with Gasteiger partial charge in [-0.05, 0) is 101 Å². The van der Waals surface area contributed by atoms with Gasteiger partial charge in [-0.3, -0.25) is 0 Å². The summed E-state index contributed by atoms with van der Waals surface area (Å²) in [6.07, 6.45) is 9.30. The van der Waals surface area contributed by atoms with Gasteiger partial charge in [-0.15, -0.1) is 35.9 Å². The molecule has 0 spiro atoms. The second-order valence-corrected chi connectivity index (χ2v) is 20.4. The number of rotatable bonds is 13. The molecule has 0 amide bonds. The van der Waals surface area contributed by atoms with E-state index in [2.05, 4.69) is 83.3 Å². The predicted octanol–water partition coefficient (Wildman–Crippen LogP) is 12.6. The Bertz CT molecular complexity index is 1980. The molecule has 2 aliphatic carbocycles. The molecule has 6 nitrogen and oxygen atoms in total. The van der Waals surface area contributed by atoms with Gasteiger partial charge in [-0.1, -0.05) is 125 Å². The molecule has 1 N–H and O–H groups in total. The van der Waals surface area contributed by atoms with Crippen LogP contribution in [0.3, 0.4) is 0 Å². The summed E-state index contributed by atoms with van der Waals surface area (Å²) in [5, 5.41) is 4.01. The topological polar surface area (TPSA) is 87.7 Å². The maximum atomic E-state index is 13.9. The molecule has 318 valence electrons. The Hall–Kier alpha value is -2.72. The Labute approximate surface area is 366 Å². The number of hydrogen-bond acceptors (Lipinski definition) is 6. The fourth-order valence-corrected chi connectivity index (χ4v) is 13.4. The van der Waals surface area contributed by atoms with Gasteiger partial charge in [0.25, 0.3) is 0 Å². The van der Waals surface area contributed by atoms with Crippen LogP contribution in [0.15, 0.2) is 72.8 Å². The summed E-state index contributed by atoms with van der Waals surface area (Å²) >= 11 is 0. The van der Waals surface area contributed by atoms with Crippen molar-refractivity contribution in [2.24, 2.45) is 11.8 Å². The standard InChI is InChI=1S/C36H55O5PS.C13H12N.Pd/c1-23(2)26-21-29(24(3)4)33(30(22-26)25(5)6)34-31(40-7)19-20-32(41-8)35(34)42-36(43(37,38)39,27-15-11-9-12-16-27)28-17-13-10-14-18-28;1-14-13-10-6-5-9-12(13)11-7-3-2-4-8-11;/h19-25,27-28,42H,9-18H2,1-8H3,(H,37,38,39);2-7,9-10,14H,1H3;/q;-1;+2/p-1. The smallest absolute Gasteiger partial charge is 0.747 e. The summed E-state index contributed by atoms with van der Waals surface area (Å²) in [6, 6.07) is 27.9. The average molecular weight is 919 g/mol. The maximum Gasteiger partial charge on any atom is 2.00 e. The molecule has 2 fully saturated rings. The van der Waals surface area contributed by atoms with Crippen molar-refractivity contribution in [1.82, 2.24) is 0 Å². The first kappa shape index (κ1) is 48.0. The van der Waals surface area contributed by atoms with Gasteiger partial charge in [0.2, 0.25) is 0 Å². The maximum absolute atomic E-state index is 13.9. The van der Waals surface area contributed by atoms with E-state index < -0.39 is 14.6 Å². The zero-order valence-electron chi connectivity index (χ0n) is 36.2. The molecule has 9 heteroatoms. The van der Waals surface area contributed by atoms with Crippen molar-refractivity contribution < 1.29 is 42.9 Å². The van der Waals surface area contributed by atoms with Crippen molar-refractivity contribution in [3.05, 3.63) is 95.6 Å². The molecule has 1 atom stereocenters. The van der Waals surface area contributed by atoms with Crippen molar-refractivity contribution >= 4 is 29.7 Å². The van der Waals surface area contributed by atoms with Crippen LogP contribution in [0, 0.1) is 17.9 Å². The molecule has 0 aliphatic heterocycles. The fourth-order valence-electron chi connectivity index (χ4n) is 9.28. The average Bonchev–Trinajstić information content (AvgIpc) is 3.22. The van der Waals surface area contributed by atoms with Crippen LogP contribution in [-0.2, 0) is 30.5 Å². The molecular formula is C49H66NO5PPdS. The van der Waals surface area contributed by atoms with E-state index in [4.69, 9.17) is 9.47 Å². The number of nitrogens with one attached hydrogen (secondary N) is 1. The third-order valence-electron chi connectivity index (χ3n) is 12.3. The summed E-state index contributed by atoms with van der Waals surface area (Å²) < 4.78 is 52.5. The van der Waals surface area contributed by atoms with Crippen molar-refractivity contribution in [2.75, 3.05) is 26.6 Å². The summed E-state index contributed by atoms with van der Waals surface area (Å²) in [5.74, 6) is 1.87. The molecule has 0 saturated heterocycles. The summed E-state index contributed by atoms with van der Waals surface area (Å²) in [6.45, 7) is 13.3. The van der Waals surface area contributed by atoms with Gasteiger partial charge in [0.1, 0.15) is 21.6 Å². The van der Waals surface area contributed by atoms with Crippen molar-refractivity contribution in [3.63, 3.8) is 0 Å². The van der Waals surface area contributed by atoms with E-state index in [1.165, 1.54) is 22.3 Å². The van der Waals surface area contributed by atoms with Crippen LogP contribution in [0.2, 0.25) is 0 Å². The first-order valence-corrected chi connectivity index (χ1v) is 23.6. The normalized spacial score (nSPS) is 15.7. The van der Waals surface area contributed by atoms with Crippen LogP contribution in [0.5, 0.6) is 11.5 Å². The first-order valence-electron chi connectivity index (χ1n) is 21.2. The van der Waals surface area contributed by atoms with Crippen molar-refractivity contribution in [2.45, 2.75) is 128 Å². The van der Waals surface area contributed by atoms with Crippen molar-refractivity contribution in [1.29, 1.82) is 0 Å². The molecule has 2 aliphatic rings. The van der Waals surface area contributed by atoms with Crippen molar-refractivity contribution in [3.8, 4) is 33.8 Å².